The lowest BCUT2D eigenvalue weighted by Crippen LogP contribution is -2.15. The fourth-order valence-corrected chi connectivity index (χ4v) is 2.49. The second-order valence-electron chi connectivity index (χ2n) is 3.47. The van der Waals surface area contributed by atoms with Crippen molar-refractivity contribution in [2.24, 2.45) is 0 Å². The monoisotopic (exact) mass is 299 g/mol. The second kappa shape index (κ2) is 4.17. The molecule has 0 amide bonds. The highest BCUT2D eigenvalue weighted by atomic mass is 35.5. The van der Waals surface area contributed by atoms with Gasteiger partial charge in [0.2, 0.25) is 5.95 Å². The average molecular weight is 300 g/mol. The minimum Gasteiger partial charge on any atom is -0.341 e. The van der Waals surface area contributed by atoms with Gasteiger partial charge in [-0.2, -0.15) is 23.5 Å². The second-order valence-corrected chi connectivity index (χ2v) is 5.47. The van der Waals surface area contributed by atoms with Crippen LogP contribution in [0.3, 0.4) is 0 Å². The van der Waals surface area contributed by atoms with Gasteiger partial charge in [0.1, 0.15) is 5.52 Å². The molecule has 0 aliphatic heterocycles. The molecule has 0 atom stereocenters. The van der Waals surface area contributed by atoms with Crippen molar-refractivity contribution in [2.45, 2.75) is 5.03 Å². The molecule has 19 heavy (non-hydrogen) atoms. The number of aromatic amines is 2. The smallest absolute Gasteiger partial charge is 0.281 e. The molecule has 3 aromatic rings. The van der Waals surface area contributed by atoms with Crippen molar-refractivity contribution in [2.75, 3.05) is 4.72 Å². The Labute approximate surface area is 111 Å². The van der Waals surface area contributed by atoms with E-state index in [9.17, 15) is 8.42 Å². The standard InChI is InChI=1S/C8H6ClN7O2S/c9-6-5-7(11-3-10-5)14-8(13-6)16-19(17,18)4-1-2-12-15-4/h1-3H,(H,12,15)(H2,10,11,13,14,16). The number of imidazole rings is 1. The lowest BCUT2D eigenvalue weighted by atomic mass is 10.6. The maximum atomic E-state index is 11.9. The molecule has 11 heteroatoms. The number of halogens is 1. The summed E-state index contributed by atoms with van der Waals surface area (Å²) in [6, 6.07) is 1.30. The lowest BCUT2D eigenvalue weighted by molar-refractivity contribution is 0.596. The van der Waals surface area contributed by atoms with Crippen LogP contribution in [0.1, 0.15) is 0 Å². The quantitative estimate of drug-likeness (QED) is 0.605. The molecule has 0 aliphatic carbocycles. The summed E-state index contributed by atoms with van der Waals surface area (Å²) in [6.07, 6.45) is 2.71. The highest BCUT2D eigenvalue weighted by molar-refractivity contribution is 7.92. The number of sulfonamides is 1. The molecule has 0 saturated heterocycles. The van der Waals surface area contributed by atoms with Crippen LogP contribution in [0.2, 0.25) is 5.15 Å². The minimum absolute atomic E-state index is 0.0739. The van der Waals surface area contributed by atoms with E-state index in [1.165, 1.54) is 18.6 Å². The topological polar surface area (TPSA) is 129 Å². The molecule has 0 aliphatic rings. The zero-order valence-corrected chi connectivity index (χ0v) is 10.7. The number of aromatic nitrogens is 6. The Morgan fingerprint density at radius 1 is 1.32 bits per heavy atom. The van der Waals surface area contributed by atoms with Gasteiger partial charge in [-0.05, 0) is 6.07 Å². The molecule has 0 radical (unpaired) electrons. The van der Waals surface area contributed by atoms with E-state index in [2.05, 4.69) is 34.9 Å². The fraction of sp³-hybridized carbons (Fsp3) is 0. The zero-order valence-electron chi connectivity index (χ0n) is 9.12. The van der Waals surface area contributed by atoms with Crippen molar-refractivity contribution in [3.8, 4) is 0 Å². The summed E-state index contributed by atoms with van der Waals surface area (Å²) in [4.78, 5) is 14.4. The number of nitrogens with zero attached hydrogens (tertiary/aromatic N) is 4. The van der Waals surface area contributed by atoms with Gasteiger partial charge in [-0.3, -0.25) is 5.10 Å². The van der Waals surface area contributed by atoms with E-state index in [0.29, 0.717) is 5.52 Å². The van der Waals surface area contributed by atoms with Gasteiger partial charge in [-0.15, -0.1) is 0 Å². The summed E-state index contributed by atoms with van der Waals surface area (Å²) >= 11 is 5.88. The first-order chi connectivity index (χ1) is 9.06. The van der Waals surface area contributed by atoms with Gasteiger partial charge in [0.15, 0.2) is 15.8 Å². The minimum atomic E-state index is -3.83. The van der Waals surface area contributed by atoms with Crippen molar-refractivity contribution in [3.05, 3.63) is 23.7 Å². The predicted molar refractivity (Wildman–Crippen MR) is 66.1 cm³/mol. The number of nitrogens with one attached hydrogen (secondary N) is 3. The molecule has 3 rings (SSSR count). The van der Waals surface area contributed by atoms with Crippen molar-refractivity contribution in [3.63, 3.8) is 0 Å². The fourth-order valence-electron chi connectivity index (χ4n) is 1.41. The number of hydrogen-bond acceptors (Lipinski definition) is 6. The first-order valence-electron chi connectivity index (χ1n) is 4.95. The Hall–Kier alpha value is -2.20. The van der Waals surface area contributed by atoms with E-state index < -0.39 is 10.0 Å². The molecule has 0 fully saturated rings. The van der Waals surface area contributed by atoms with Gasteiger partial charge in [0.25, 0.3) is 10.0 Å². The first-order valence-corrected chi connectivity index (χ1v) is 6.81. The maximum absolute atomic E-state index is 11.9. The van der Waals surface area contributed by atoms with Crippen LogP contribution in [0.25, 0.3) is 11.2 Å². The number of hydrogen-bond donors (Lipinski definition) is 3. The van der Waals surface area contributed by atoms with Crippen LogP contribution >= 0.6 is 11.6 Å². The Morgan fingerprint density at radius 3 is 2.89 bits per heavy atom. The summed E-state index contributed by atoms with van der Waals surface area (Å²) < 4.78 is 26.0. The maximum Gasteiger partial charge on any atom is 0.281 e. The number of fused-ring (bicyclic) bond motifs is 1. The van der Waals surface area contributed by atoms with Crippen molar-refractivity contribution in [1.29, 1.82) is 0 Å². The number of anilines is 1. The molecule has 98 valence electrons. The van der Waals surface area contributed by atoms with Gasteiger partial charge < -0.3 is 4.98 Å². The molecular weight excluding hydrogens is 294 g/mol. The van der Waals surface area contributed by atoms with Crippen LogP contribution < -0.4 is 4.72 Å². The lowest BCUT2D eigenvalue weighted by Gasteiger charge is -2.04. The molecule has 0 aromatic carbocycles. The van der Waals surface area contributed by atoms with Crippen molar-refractivity contribution < 1.29 is 8.42 Å². The van der Waals surface area contributed by atoms with Crippen LogP contribution in [-0.4, -0.2) is 38.6 Å². The number of rotatable bonds is 3. The molecule has 0 bridgehead atoms. The average Bonchev–Trinajstić information content (AvgIpc) is 2.99. The highest BCUT2D eigenvalue weighted by Gasteiger charge is 2.18. The summed E-state index contributed by atoms with van der Waals surface area (Å²) in [6.45, 7) is 0. The van der Waals surface area contributed by atoms with E-state index in [-0.39, 0.29) is 21.8 Å². The van der Waals surface area contributed by atoms with E-state index in [1.807, 2.05) is 0 Å². The third-order valence-corrected chi connectivity index (χ3v) is 3.76. The Bertz CT molecular complexity index is 826. The molecule has 3 heterocycles. The van der Waals surface area contributed by atoms with Gasteiger partial charge in [0.05, 0.1) is 12.5 Å². The van der Waals surface area contributed by atoms with Gasteiger partial charge in [-0.1, -0.05) is 11.6 Å². The van der Waals surface area contributed by atoms with E-state index in [1.54, 1.807) is 0 Å². The molecular formula is C8H6ClN7O2S. The Morgan fingerprint density at radius 2 is 2.16 bits per heavy atom. The number of H-pyrrole nitrogens is 2. The summed E-state index contributed by atoms with van der Waals surface area (Å²) in [5, 5.41) is 5.87. The van der Waals surface area contributed by atoms with Crippen LogP contribution in [0.4, 0.5) is 5.95 Å². The van der Waals surface area contributed by atoms with Crippen molar-refractivity contribution in [1.82, 2.24) is 30.1 Å². The Kier molecular flexibility index (Phi) is 2.61. The van der Waals surface area contributed by atoms with Crippen LogP contribution in [0, 0.1) is 0 Å². The molecule has 0 spiro atoms. The summed E-state index contributed by atoms with van der Waals surface area (Å²) in [7, 11) is -3.83. The van der Waals surface area contributed by atoms with E-state index >= 15 is 0 Å². The SMILES string of the molecule is O=S(=O)(Nc1nc(Cl)c2[nH]cnc2n1)c1ccn[nH]1. The Balaban J connectivity index is 2.02. The summed E-state index contributed by atoms with van der Waals surface area (Å²) in [5.41, 5.74) is 0.702. The summed E-state index contributed by atoms with van der Waals surface area (Å²) in [5.74, 6) is -0.167. The normalized spacial score (nSPS) is 11.8. The molecule has 0 unspecified atom stereocenters. The van der Waals surface area contributed by atoms with E-state index in [4.69, 9.17) is 11.6 Å². The highest BCUT2D eigenvalue weighted by Crippen LogP contribution is 2.19. The third-order valence-electron chi connectivity index (χ3n) is 2.23. The van der Waals surface area contributed by atoms with Gasteiger partial charge in [-0.25, -0.2) is 9.71 Å². The van der Waals surface area contributed by atoms with Gasteiger partial charge in [0, 0.05) is 0 Å². The largest absolute Gasteiger partial charge is 0.341 e. The van der Waals surface area contributed by atoms with Crippen LogP contribution in [0.15, 0.2) is 23.6 Å². The van der Waals surface area contributed by atoms with E-state index in [0.717, 1.165) is 0 Å². The third kappa shape index (κ3) is 2.11. The molecule has 9 nitrogen and oxygen atoms in total. The van der Waals surface area contributed by atoms with Crippen LogP contribution in [-0.2, 0) is 10.0 Å². The van der Waals surface area contributed by atoms with Crippen LogP contribution in [0.5, 0.6) is 0 Å². The predicted octanol–water partition coefficient (Wildman–Crippen LogP) is 0.530. The molecule has 3 N–H and O–H groups in total. The zero-order chi connectivity index (χ0) is 13.5. The van der Waals surface area contributed by atoms with Crippen molar-refractivity contribution >= 4 is 38.7 Å². The molecule has 0 saturated carbocycles. The molecule has 3 aromatic heterocycles. The van der Waals surface area contributed by atoms with Gasteiger partial charge >= 0.3 is 0 Å². The first kappa shape index (κ1) is 11.9.